The number of carboxylic acids is 1. The summed E-state index contributed by atoms with van der Waals surface area (Å²) in [6.45, 7) is 3.69. The zero-order valence-electron chi connectivity index (χ0n) is 14.7. The fourth-order valence-corrected chi connectivity index (χ4v) is 2.74. The molecule has 10 nitrogen and oxygen atoms in total. The van der Waals surface area contributed by atoms with Crippen molar-refractivity contribution in [1.82, 2.24) is 25.6 Å². The minimum atomic E-state index is -0.902. The Morgan fingerprint density at radius 1 is 1.38 bits per heavy atom. The Hall–Kier alpha value is -2.59. The Morgan fingerprint density at radius 3 is 2.65 bits per heavy atom. The Morgan fingerprint density at radius 2 is 2.15 bits per heavy atom. The zero-order valence-corrected chi connectivity index (χ0v) is 14.7. The number of tetrazole rings is 1. The maximum Gasteiger partial charge on any atom is 0.307 e. The fraction of sp³-hybridized carbons (Fsp3) is 0.562. The number of carbonyl (C=O) groups is 1. The summed E-state index contributed by atoms with van der Waals surface area (Å²) in [6.07, 6.45) is 2.02. The molecule has 0 saturated heterocycles. The smallest absolute Gasteiger partial charge is 0.307 e. The number of H-pyrrole nitrogens is 1. The first-order chi connectivity index (χ1) is 12.4. The lowest BCUT2D eigenvalue weighted by molar-refractivity contribution is -0.144. The molecule has 10 heteroatoms. The number of aromatic nitrogens is 5. The molecule has 2 aromatic heterocycles. The van der Waals surface area contributed by atoms with E-state index < -0.39 is 23.8 Å². The van der Waals surface area contributed by atoms with Crippen molar-refractivity contribution in [3.63, 3.8) is 0 Å². The van der Waals surface area contributed by atoms with Crippen LogP contribution in [-0.4, -0.2) is 61.0 Å². The maximum atomic E-state index is 11.7. The highest BCUT2D eigenvalue weighted by Crippen LogP contribution is 2.31. The van der Waals surface area contributed by atoms with Gasteiger partial charge in [-0.2, -0.15) is 5.21 Å². The number of hydrogen-bond acceptors (Lipinski definition) is 8. The van der Waals surface area contributed by atoms with Gasteiger partial charge >= 0.3 is 5.97 Å². The summed E-state index contributed by atoms with van der Waals surface area (Å²) in [5.74, 6) is -1.37. The van der Waals surface area contributed by atoms with E-state index in [1.54, 1.807) is 18.3 Å². The second-order valence-corrected chi connectivity index (χ2v) is 6.45. The normalized spacial score (nSPS) is 14.8. The molecule has 5 N–H and O–H groups in total. The topological polar surface area (TPSA) is 160 Å². The Kier molecular flexibility index (Phi) is 6.98. The molecule has 0 bridgehead atoms. The largest absolute Gasteiger partial charge is 0.481 e. The summed E-state index contributed by atoms with van der Waals surface area (Å²) >= 11 is 0. The third kappa shape index (κ3) is 5.20. The van der Waals surface area contributed by atoms with Crippen LogP contribution in [0, 0.1) is 11.8 Å². The van der Waals surface area contributed by atoms with Crippen LogP contribution in [0.3, 0.4) is 0 Å². The number of pyridine rings is 1. The number of nitrogens with two attached hydrogens (primary N) is 1. The van der Waals surface area contributed by atoms with Gasteiger partial charge in [0.2, 0.25) is 5.88 Å². The molecule has 2 aromatic rings. The summed E-state index contributed by atoms with van der Waals surface area (Å²) in [6, 6.07) is 3.01. The Bertz CT molecular complexity index is 677. The number of rotatable bonds is 10. The van der Waals surface area contributed by atoms with Crippen LogP contribution >= 0.6 is 0 Å². The van der Waals surface area contributed by atoms with Crippen LogP contribution in [0.2, 0.25) is 0 Å². The van der Waals surface area contributed by atoms with E-state index in [0.29, 0.717) is 18.1 Å². The highest BCUT2D eigenvalue weighted by atomic mass is 16.5. The minimum Gasteiger partial charge on any atom is -0.481 e. The first-order valence-corrected chi connectivity index (χ1v) is 8.32. The lowest BCUT2D eigenvalue weighted by atomic mass is 9.79. The van der Waals surface area contributed by atoms with Gasteiger partial charge < -0.3 is 20.7 Å². The van der Waals surface area contributed by atoms with Crippen molar-refractivity contribution in [2.45, 2.75) is 32.2 Å². The molecule has 0 aliphatic carbocycles. The van der Waals surface area contributed by atoms with Crippen molar-refractivity contribution in [3.05, 3.63) is 29.7 Å². The number of carboxylic acid groups (broad SMARTS) is 1. The zero-order chi connectivity index (χ0) is 19.1. The number of nitrogens with one attached hydrogen (secondary N) is 1. The van der Waals surface area contributed by atoms with E-state index >= 15 is 0 Å². The molecule has 26 heavy (non-hydrogen) atoms. The lowest BCUT2D eigenvalue weighted by Crippen LogP contribution is -2.31. The molecule has 3 atom stereocenters. The Labute approximate surface area is 150 Å². The van der Waals surface area contributed by atoms with Gasteiger partial charge in [0.15, 0.2) is 5.82 Å². The van der Waals surface area contributed by atoms with E-state index in [9.17, 15) is 9.90 Å². The number of aliphatic hydroxyl groups excluding tert-OH is 1. The van der Waals surface area contributed by atoms with Crippen LogP contribution in [0.25, 0.3) is 0 Å². The lowest BCUT2D eigenvalue weighted by Gasteiger charge is -2.24. The second-order valence-electron chi connectivity index (χ2n) is 6.45. The molecule has 2 rings (SSSR count). The standard InChI is InChI=1S/C16H24N6O4/c1-9(2)14(16(24)25)12(15-19-21-22-20-15)5-10-3-4-13(18-6-10)26-8-11(17)7-23/h3-4,6,9,11-12,14,23H,5,7-8,17H2,1-2H3,(H,24,25)(H,19,20,21,22)/t11?,12-,14-/m0/s1. The summed E-state index contributed by atoms with van der Waals surface area (Å²) in [5.41, 5.74) is 6.40. The quantitative estimate of drug-likeness (QED) is 0.454. The molecule has 0 aromatic carbocycles. The highest BCUT2D eigenvalue weighted by molar-refractivity contribution is 5.71. The van der Waals surface area contributed by atoms with Crippen molar-refractivity contribution < 1.29 is 19.7 Å². The molecule has 0 radical (unpaired) electrons. The third-order valence-corrected chi connectivity index (χ3v) is 4.06. The van der Waals surface area contributed by atoms with Gasteiger partial charge in [0.25, 0.3) is 0 Å². The predicted molar refractivity (Wildman–Crippen MR) is 91.4 cm³/mol. The van der Waals surface area contributed by atoms with Gasteiger partial charge in [0.05, 0.1) is 18.6 Å². The second kappa shape index (κ2) is 9.20. The van der Waals surface area contributed by atoms with Gasteiger partial charge in [-0.1, -0.05) is 25.1 Å². The van der Waals surface area contributed by atoms with Crippen LogP contribution < -0.4 is 10.5 Å². The molecule has 0 fully saturated rings. The molecule has 0 spiro atoms. The van der Waals surface area contributed by atoms with E-state index in [2.05, 4.69) is 25.6 Å². The number of ether oxygens (including phenoxy) is 1. The molecular formula is C16H24N6O4. The number of aromatic amines is 1. The molecule has 2 heterocycles. The van der Waals surface area contributed by atoms with E-state index in [-0.39, 0.29) is 19.1 Å². The number of aliphatic carboxylic acids is 1. The third-order valence-electron chi connectivity index (χ3n) is 4.06. The SMILES string of the molecule is CC(C)[C@H](C(=O)O)[C@H](Cc1ccc(OCC(N)CO)nc1)c1nn[nH]n1. The maximum absolute atomic E-state index is 11.7. The van der Waals surface area contributed by atoms with Gasteiger partial charge in [-0.3, -0.25) is 4.79 Å². The van der Waals surface area contributed by atoms with Crippen molar-refractivity contribution in [3.8, 4) is 5.88 Å². The first kappa shape index (κ1) is 19.7. The van der Waals surface area contributed by atoms with Gasteiger partial charge in [-0.25, -0.2) is 4.98 Å². The Balaban J connectivity index is 2.14. The summed E-state index contributed by atoms with van der Waals surface area (Å²) < 4.78 is 5.38. The molecule has 142 valence electrons. The molecular weight excluding hydrogens is 340 g/mol. The fourth-order valence-electron chi connectivity index (χ4n) is 2.74. The highest BCUT2D eigenvalue weighted by Gasteiger charge is 2.35. The van der Waals surface area contributed by atoms with Crippen LogP contribution in [0.15, 0.2) is 18.3 Å². The van der Waals surface area contributed by atoms with Gasteiger partial charge in [0.1, 0.15) is 6.61 Å². The molecule has 0 aliphatic heterocycles. The van der Waals surface area contributed by atoms with E-state index in [1.807, 2.05) is 13.8 Å². The summed E-state index contributed by atoms with van der Waals surface area (Å²) in [5, 5.41) is 32.4. The van der Waals surface area contributed by atoms with Crippen LogP contribution in [0.4, 0.5) is 0 Å². The van der Waals surface area contributed by atoms with Crippen LogP contribution in [-0.2, 0) is 11.2 Å². The molecule has 0 saturated carbocycles. The van der Waals surface area contributed by atoms with E-state index in [1.165, 1.54) is 0 Å². The average molecular weight is 364 g/mol. The van der Waals surface area contributed by atoms with E-state index in [0.717, 1.165) is 5.56 Å². The van der Waals surface area contributed by atoms with Crippen molar-refractivity contribution in [2.75, 3.05) is 13.2 Å². The molecule has 0 aliphatic rings. The van der Waals surface area contributed by atoms with E-state index in [4.69, 9.17) is 15.6 Å². The molecule has 0 amide bonds. The summed E-state index contributed by atoms with van der Waals surface area (Å²) in [7, 11) is 0. The van der Waals surface area contributed by atoms with Gasteiger partial charge in [-0.15, -0.1) is 10.2 Å². The average Bonchev–Trinajstić information content (AvgIpc) is 3.14. The number of aliphatic hydroxyl groups is 1. The monoisotopic (exact) mass is 364 g/mol. The van der Waals surface area contributed by atoms with Crippen LogP contribution in [0.1, 0.15) is 31.2 Å². The minimum absolute atomic E-state index is 0.105. The summed E-state index contributed by atoms with van der Waals surface area (Å²) in [4.78, 5) is 15.9. The number of nitrogens with zero attached hydrogens (tertiary/aromatic N) is 4. The van der Waals surface area contributed by atoms with Gasteiger partial charge in [0, 0.05) is 18.2 Å². The first-order valence-electron chi connectivity index (χ1n) is 8.32. The van der Waals surface area contributed by atoms with Crippen molar-refractivity contribution in [1.29, 1.82) is 0 Å². The molecule has 1 unspecified atom stereocenters. The van der Waals surface area contributed by atoms with Crippen molar-refractivity contribution in [2.24, 2.45) is 17.6 Å². The van der Waals surface area contributed by atoms with Crippen LogP contribution in [0.5, 0.6) is 5.88 Å². The number of hydrogen-bond donors (Lipinski definition) is 4. The predicted octanol–water partition coefficient (Wildman–Crippen LogP) is -0.0238. The van der Waals surface area contributed by atoms with Crippen molar-refractivity contribution >= 4 is 5.97 Å². The van der Waals surface area contributed by atoms with Gasteiger partial charge in [-0.05, 0) is 17.9 Å².